The number of rotatable bonds is 4. The highest BCUT2D eigenvalue weighted by Gasteiger charge is 2.02. The number of nitrogens with zero attached hydrogens (tertiary/aromatic N) is 2. The molecule has 0 saturated heterocycles. The second-order valence-corrected chi connectivity index (χ2v) is 4.28. The van der Waals surface area contributed by atoms with E-state index in [0.717, 1.165) is 0 Å². The molecule has 18 heavy (non-hydrogen) atoms. The van der Waals surface area contributed by atoms with Crippen molar-refractivity contribution in [1.82, 2.24) is 9.97 Å². The Morgan fingerprint density at radius 3 is 2.78 bits per heavy atom. The maximum Gasteiger partial charge on any atom is 0.134 e. The quantitative estimate of drug-likeness (QED) is 0.863. The Labute approximate surface area is 110 Å². The lowest BCUT2D eigenvalue weighted by Crippen LogP contribution is -2.08. The van der Waals surface area contributed by atoms with Crippen molar-refractivity contribution >= 4 is 17.4 Å². The van der Waals surface area contributed by atoms with Gasteiger partial charge in [0.15, 0.2) is 0 Å². The topological polar surface area (TPSA) is 37.8 Å². The molecule has 0 aliphatic carbocycles. The van der Waals surface area contributed by atoms with Crippen LogP contribution in [-0.4, -0.2) is 16.5 Å². The van der Waals surface area contributed by atoms with Crippen LogP contribution in [0.4, 0.5) is 10.2 Å². The molecule has 0 unspecified atom stereocenters. The molecule has 0 saturated carbocycles. The van der Waals surface area contributed by atoms with Crippen LogP contribution in [0.2, 0.25) is 5.15 Å². The van der Waals surface area contributed by atoms with E-state index in [1.165, 1.54) is 6.07 Å². The van der Waals surface area contributed by atoms with Crippen LogP contribution in [0.15, 0.2) is 30.3 Å². The molecule has 3 nitrogen and oxygen atoms in total. The summed E-state index contributed by atoms with van der Waals surface area (Å²) < 4.78 is 13.4. The summed E-state index contributed by atoms with van der Waals surface area (Å²) >= 11 is 5.82. The third-order valence-corrected chi connectivity index (χ3v) is 2.66. The largest absolute Gasteiger partial charge is 0.370 e. The lowest BCUT2D eigenvalue weighted by molar-refractivity contribution is 0.610. The van der Waals surface area contributed by atoms with Crippen molar-refractivity contribution in [3.8, 4) is 0 Å². The fraction of sp³-hybridized carbons (Fsp3) is 0.231. The number of anilines is 1. The van der Waals surface area contributed by atoms with Gasteiger partial charge in [-0.3, -0.25) is 0 Å². The highest BCUT2D eigenvalue weighted by molar-refractivity contribution is 6.29. The first kappa shape index (κ1) is 12.8. The molecule has 1 N–H and O–H groups in total. The molecule has 1 heterocycles. The number of nitrogens with one attached hydrogen (secondary N) is 1. The summed E-state index contributed by atoms with van der Waals surface area (Å²) in [5, 5.41) is 3.50. The maximum atomic E-state index is 13.4. The lowest BCUT2D eigenvalue weighted by Gasteiger charge is -2.07. The summed E-state index contributed by atoms with van der Waals surface area (Å²) in [5.74, 6) is 1.08. The minimum atomic E-state index is -0.184. The molecule has 1 aromatic carbocycles. The van der Waals surface area contributed by atoms with Crippen molar-refractivity contribution in [3.63, 3.8) is 0 Å². The zero-order valence-electron chi connectivity index (χ0n) is 9.95. The van der Waals surface area contributed by atoms with Gasteiger partial charge < -0.3 is 5.32 Å². The second kappa shape index (κ2) is 5.78. The molecule has 2 aromatic rings. The third kappa shape index (κ3) is 3.40. The number of hydrogen-bond donors (Lipinski definition) is 1. The van der Waals surface area contributed by atoms with E-state index in [-0.39, 0.29) is 5.82 Å². The molecule has 0 radical (unpaired) electrons. The normalized spacial score (nSPS) is 10.4. The van der Waals surface area contributed by atoms with Gasteiger partial charge in [0.25, 0.3) is 0 Å². The molecule has 0 aliphatic heterocycles. The maximum absolute atomic E-state index is 13.4. The molecular formula is C13H13ClFN3. The average Bonchev–Trinajstić information content (AvgIpc) is 2.30. The second-order valence-electron chi connectivity index (χ2n) is 3.89. The molecule has 2 rings (SSSR count). The van der Waals surface area contributed by atoms with Gasteiger partial charge in [0.1, 0.15) is 22.6 Å². The molecule has 0 bridgehead atoms. The number of aryl methyl sites for hydroxylation is 1. The molecule has 0 atom stereocenters. The van der Waals surface area contributed by atoms with Gasteiger partial charge in [-0.05, 0) is 25.0 Å². The van der Waals surface area contributed by atoms with Crippen molar-refractivity contribution in [2.75, 3.05) is 11.9 Å². The van der Waals surface area contributed by atoms with Crippen LogP contribution < -0.4 is 5.32 Å². The monoisotopic (exact) mass is 265 g/mol. The van der Waals surface area contributed by atoms with Gasteiger partial charge in [-0.1, -0.05) is 29.8 Å². The first-order valence-corrected chi connectivity index (χ1v) is 6.01. The van der Waals surface area contributed by atoms with Crippen molar-refractivity contribution in [2.45, 2.75) is 13.3 Å². The first-order chi connectivity index (χ1) is 8.65. The zero-order valence-corrected chi connectivity index (χ0v) is 10.7. The van der Waals surface area contributed by atoms with Gasteiger partial charge in [-0.2, -0.15) is 0 Å². The van der Waals surface area contributed by atoms with Gasteiger partial charge >= 0.3 is 0 Å². The molecule has 1 aromatic heterocycles. The summed E-state index contributed by atoms with van der Waals surface area (Å²) in [5.41, 5.74) is 0.682. The van der Waals surface area contributed by atoms with Crippen LogP contribution in [-0.2, 0) is 6.42 Å². The van der Waals surface area contributed by atoms with Crippen molar-refractivity contribution in [2.24, 2.45) is 0 Å². The molecule has 5 heteroatoms. The van der Waals surface area contributed by atoms with Crippen molar-refractivity contribution in [3.05, 3.63) is 52.7 Å². The van der Waals surface area contributed by atoms with E-state index in [0.29, 0.717) is 35.3 Å². The van der Waals surface area contributed by atoms with Crippen LogP contribution in [0.1, 0.15) is 11.4 Å². The standard InChI is InChI=1S/C13H13ClFN3/c1-9-17-12(14)8-13(18-9)16-7-6-10-4-2-3-5-11(10)15/h2-5,8H,6-7H2,1H3,(H,16,17,18). The Bertz CT molecular complexity index is 525. The average molecular weight is 266 g/mol. The van der Waals surface area contributed by atoms with E-state index in [1.807, 2.05) is 6.07 Å². The number of aromatic nitrogens is 2. The van der Waals surface area contributed by atoms with Crippen LogP contribution in [0, 0.1) is 12.7 Å². The fourth-order valence-corrected chi connectivity index (χ4v) is 1.87. The predicted octanol–water partition coefficient (Wildman–Crippen LogP) is 3.23. The highest BCUT2D eigenvalue weighted by Crippen LogP contribution is 2.12. The SMILES string of the molecule is Cc1nc(Cl)cc(NCCc2ccccc2F)n1. The van der Waals surface area contributed by atoms with Crippen LogP contribution in [0.3, 0.4) is 0 Å². The van der Waals surface area contributed by atoms with E-state index in [1.54, 1.807) is 25.1 Å². The van der Waals surface area contributed by atoms with Crippen LogP contribution in [0.25, 0.3) is 0 Å². The van der Waals surface area contributed by atoms with E-state index in [9.17, 15) is 4.39 Å². The predicted molar refractivity (Wildman–Crippen MR) is 70.4 cm³/mol. The molecule has 94 valence electrons. The summed E-state index contributed by atoms with van der Waals surface area (Å²) in [6.07, 6.45) is 0.591. The highest BCUT2D eigenvalue weighted by atomic mass is 35.5. The molecular weight excluding hydrogens is 253 g/mol. The van der Waals surface area contributed by atoms with Crippen LogP contribution >= 0.6 is 11.6 Å². The smallest absolute Gasteiger partial charge is 0.134 e. The molecule has 0 amide bonds. The Hall–Kier alpha value is -1.68. The Morgan fingerprint density at radius 2 is 2.06 bits per heavy atom. The molecule has 0 aliphatic rings. The van der Waals surface area contributed by atoms with Gasteiger partial charge in [0.2, 0.25) is 0 Å². The van der Waals surface area contributed by atoms with E-state index < -0.39 is 0 Å². The van der Waals surface area contributed by atoms with Crippen molar-refractivity contribution < 1.29 is 4.39 Å². The Balaban J connectivity index is 1.94. The van der Waals surface area contributed by atoms with Crippen molar-refractivity contribution in [1.29, 1.82) is 0 Å². The summed E-state index contributed by atoms with van der Waals surface area (Å²) in [7, 11) is 0. The molecule has 0 fully saturated rings. The lowest BCUT2D eigenvalue weighted by atomic mass is 10.1. The van der Waals surface area contributed by atoms with E-state index >= 15 is 0 Å². The molecule has 0 spiro atoms. The number of halogens is 2. The van der Waals surface area contributed by atoms with Crippen LogP contribution in [0.5, 0.6) is 0 Å². The van der Waals surface area contributed by atoms with Gasteiger partial charge in [-0.15, -0.1) is 0 Å². The summed E-state index contributed by atoms with van der Waals surface area (Å²) in [4.78, 5) is 8.16. The number of hydrogen-bond acceptors (Lipinski definition) is 3. The van der Waals surface area contributed by atoms with Gasteiger partial charge in [0, 0.05) is 12.6 Å². The minimum absolute atomic E-state index is 0.184. The Morgan fingerprint density at radius 1 is 1.28 bits per heavy atom. The number of benzene rings is 1. The zero-order chi connectivity index (χ0) is 13.0. The third-order valence-electron chi connectivity index (χ3n) is 2.46. The van der Waals surface area contributed by atoms with Gasteiger partial charge in [0.05, 0.1) is 0 Å². The summed E-state index contributed by atoms with van der Waals surface area (Å²) in [6, 6.07) is 8.39. The van der Waals surface area contributed by atoms with E-state index in [2.05, 4.69) is 15.3 Å². The van der Waals surface area contributed by atoms with Gasteiger partial charge in [-0.25, -0.2) is 14.4 Å². The fourth-order valence-electron chi connectivity index (χ4n) is 1.65. The Kier molecular flexibility index (Phi) is 4.10. The minimum Gasteiger partial charge on any atom is -0.370 e. The summed E-state index contributed by atoms with van der Waals surface area (Å²) in [6.45, 7) is 2.36. The first-order valence-electron chi connectivity index (χ1n) is 5.63. The van der Waals surface area contributed by atoms with E-state index in [4.69, 9.17) is 11.6 Å².